The maximum absolute atomic E-state index is 11.7. The van der Waals surface area contributed by atoms with Gasteiger partial charge in [-0.15, -0.1) is 0 Å². The highest BCUT2D eigenvalue weighted by atomic mass is 16.5. The second-order valence-corrected chi connectivity index (χ2v) is 4.90. The molecule has 0 spiro atoms. The molecule has 3 rings (SSSR count). The van der Waals surface area contributed by atoms with E-state index in [-0.39, 0.29) is 12.5 Å². The second-order valence-electron chi connectivity index (χ2n) is 4.90. The first-order valence-corrected chi connectivity index (χ1v) is 7.66. The number of amides is 1. The summed E-state index contributed by atoms with van der Waals surface area (Å²) in [7, 11) is 0. The van der Waals surface area contributed by atoms with Gasteiger partial charge in [0.25, 0.3) is 0 Å². The van der Waals surface area contributed by atoms with E-state index in [9.17, 15) is 4.79 Å². The Hall–Kier alpha value is -3.42. The largest absolute Gasteiger partial charge is 0.478 e. The topological polar surface area (TPSA) is 103 Å². The monoisotopic (exact) mass is 340 g/mol. The number of carbonyl (C=O) groups is 1. The first-order valence-electron chi connectivity index (χ1n) is 7.66. The van der Waals surface area contributed by atoms with Gasteiger partial charge in [-0.2, -0.15) is 4.98 Å². The van der Waals surface area contributed by atoms with Gasteiger partial charge in [0.1, 0.15) is 5.76 Å². The molecule has 0 fully saturated rings. The van der Waals surface area contributed by atoms with Gasteiger partial charge < -0.3 is 19.0 Å². The van der Waals surface area contributed by atoms with E-state index in [1.165, 1.54) is 12.3 Å². The molecule has 0 saturated carbocycles. The summed E-state index contributed by atoms with van der Waals surface area (Å²) in [5.41, 5.74) is 0.697. The number of carbonyl (C=O) groups excluding carboxylic acids is 1. The number of rotatable bonds is 7. The van der Waals surface area contributed by atoms with E-state index < -0.39 is 0 Å². The SMILES string of the molecule is CCOc1ccc(-c2noc(CNC(=O)/C=C/c3ccco3)n2)cn1. The van der Waals surface area contributed by atoms with Crippen LogP contribution in [0.15, 0.2) is 51.7 Å². The summed E-state index contributed by atoms with van der Waals surface area (Å²) in [5, 5.41) is 6.53. The van der Waals surface area contributed by atoms with Crippen molar-refractivity contribution in [3.8, 4) is 17.3 Å². The molecule has 128 valence electrons. The van der Waals surface area contributed by atoms with Crippen LogP contribution >= 0.6 is 0 Å². The first kappa shape index (κ1) is 16.4. The molecule has 3 aromatic heterocycles. The van der Waals surface area contributed by atoms with E-state index in [4.69, 9.17) is 13.7 Å². The van der Waals surface area contributed by atoms with Gasteiger partial charge in [0.15, 0.2) is 0 Å². The van der Waals surface area contributed by atoms with Crippen LogP contribution in [0.4, 0.5) is 0 Å². The highest BCUT2D eigenvalue weighted by Gasteiger charge is 2.10. The van der Waals surface area contributed by atoms with Crippen molar-refractivity contribution in [3.05, 3.63) is 54.5 Å². The molecule has 3 heterocycles. The molecule has 8 heteroatoms. The van der Waals surface area contributed by atoms with E-state index in [0.29, 0.717) is 35.5 Å². The molecule has 0 unspecified atom stereocenters. The summed E-state index contributed by atoms with van der Waals surface area (Å²) in [6.45, 7) is 2.56. The van der Waals surface area contributed by atoms with Gasteiger partial charge in [0, 0.05) is 23.9 Å². The third-order valence-corrected chi connectivity index (χ3v) is 3.11. The molecule has 1 N–H and O–H groups in total. The predicted molar refractivity (Wildman–Crippen MR) is 88.3 cm³/mol. The number of nitrogens with one attached hydrogen (secondary N) is 1. The third kappa shape index (κ3) is 4.54. The van der Waals surface area contributed by atoms with Crippen LogP contribution in [0.25, 0.3) is 17.5 Å². The van der Waals surface area contributed by atoms with Crippen LogP contribution in [0.2, 0.25) is 0 Å². The lowest BCUT2D eigenvalue weighted by Gasteiger charge is -2.00. The van der Waals surface area contributed by atoms with Gasteiger partial charge in [-0.3, -0.25) is 4.79 Å². The minimum Gasteiger partial charge on any atom is -0.478 e. The molecule has 0 bridgehead atoms. The average Bonchev–Trinajstić information content (AvgIpc) is 3.31. The van der Waals surface area contributed by atoms with Gasteiger partial charge in [0.2, 0.25) is 23.5 Å². The zero-order valence-electron chi connectivity index (χ0n) is 13.5. The van der Waals surface area contributed by atoms with Crippen molar-refractivity contribution in [1.82, 2.24) is 20.4 Å². The normalized spacial score (nSPS) is 10.9. The quantitative estimate of drug-likeness (QED) is 0.659. The molecule has 0 atom stereocenters. The maximum atomic E-state index is 11.7. The van der Waals surface area contributed by atoms with Crippen molar-refractivity contribution in [3.63, 3.8) is 0 Å². The average molecular weight is 340 g/mol. The number of ether oxygens (including phenoxy) is 1. The number of aromatic nitrogens is 3. The van der Waals surface area contributed by atoms with Crippen LogP contribution in [0.3, 0.4) is 0 Å². The molecular weight excluding hydrogens is 324 g/mol. The highest BCUT2D eigenvalue weighted by molar-refractivity contribution is 5.91. The van der Waals surface area contributed by atoms with Crippen molar-refractivity contribution >= 4 is 12.0 Å². The molecular formula is C17H16N4O4. The summed E-state index contributed by atoms with van der Waals surface area (Å²) in [6.07, 6.45) is 6.07. The Morgan fingerprint density at radius 1 is 1.36 bits per heavy atom. The number of hydrogen-bond acceptors (Lipinski definition) is 7. The first-order chi connectivity index (χ1) is 12.2. The summed E-state index contributed by atoms with van der Waals surface area (Å²) in [6, 6.07) is 7.01. The smallest absolute Gasteiger partial charge is 0.246 e. The van der Waals surface area contributed by atoms with Crippen molar-refractivity contribution < 1.29 is 18.5 Å². The van der Waals surface area contributed by atoms with Crippen molar-refractivity contribution in [2.75, 3.05) is 6.61 Å². The molecule has 25 heavy (non-hydrogen) atoms. The van der Waals surface area contributed by atoms with Gasteiger partial charge in [-0.05, 0) is 31.2 Å². The summed E-state index contributed by atoms with van der Waals surface area (Å²) in [5.74, 6) is 1.53. The zero-order chi connectivity index (χ0) is 17.5. The summed E-state index contributed by atoms with van der Waals surface area (Å²) in [4.78, 5) is 20.1. The van der Waals surface area contributed by atoms with Gasteiger partial charge in [0.05, 0.1) is 19.4 Å². The fourth-order valence-corrected chi connectivity index (χ4v) is 1.96. The number of pyridine rings is 1. The zero-order valence-corrected chi connectivity index (χ0v) is 13.5. The van der Waals surface area contributed by atoms with Gasteiger partial charge >= 0.3 is 0 Å². The van der Waals surface area contributed by atoms with Crippen LogP contribution in [-0.4, -0.2) is 27.6 Å². The van der Waals surface area contributed by atoms with Crippen LogP contribution in [0.1, 0.15) is 18.6 Å². The molecule has 0 radical (unpaired) electrons. The Kier molecular flexibility index (Phi) is 5.20. The lowest BCUT2D eigenvalue weighted by molar-refractivity contribution is -0.116. The molecule has 0 saturated heterocycles. The Morgan fingerprint density at radius 3 is 3.00 bits per heavy atom. The minimum absolute atomic E-state index is 0.124. The molecule has 0 aliphatic carbocycles. The van der Waals surface area contributed by atoms with Gasteiger partial charge in [-0.1, -0.05) is 5.16 Å². The van der Waals surface area contributed by atoms with E-state index >= 15 is 0 Å². The summed E-state index contributed by atoms with van der Waals surface area (Å²) < 4.78 is 15.5. The molecule has 3 aromatic rings. The van der Waals surface area contributed by atoms with Crippen LogP contribution in [0.5, 0.6) is 5.88 Å². The van der Waals surface area contributed by atoms with Crippen LogP contribution in [0, 0.1) is 0 Å². The predicted octanol–water partition coefficient (Wildman–Crippen LogP) is 2.45. The van der Waals surface area contributed by atoms with E-state index in [1.807, 2.05) is 6.92 Å². The maximum Gasteiger partial charge on any atom is 0.246 e. The third-order valence-electron chi connectivity index (χ3n) is 3.11. The van der Waals surface area contributed by atoms with Crippen molar-refractivity contribution in [2.45, 2.75) is 13.5 Å². The van der Waals surface area contributed by atoms with Crippen LogP contribution < -0.4 is 10.1 Å². The minimum atomic E-state index is -0.293. The molecule has 8 nitrogen and oxygen atoms in total. The number of furan rings is 1. The van der Waals surface area contributed by atoms with E-state index in [0.717, 1.165) is 0 Å². The van der Waals surface area contributed by atoms with Crippen molar-refractivity contribution in [2.24, 2.45) is 0 Å². The van der Waals surface area contributed by atoms with Crippen LogP contribution in [-0.2, 0) is 11.3 Å². The Labute approximate surface area is 143 Å². The molecule has 0 aromatic carbocycles. The Morgan fingerprint density at radius 2 is 2.28 bits per heavy atom. The standard InChI is InChI=1S/C17H16N4O4/c1-2-23-15-8-5-12(10-19-15)17-20-16(25-21-17)11-18-14(22)7-6-13-4-3-9-24-13/h3-10H,2,11H2,1H3,(H,18,22)/b7-6+. The van der Waals surface area contributed by atoms with Gasteiger partial charge in [-0.25, -0.2) is 4.98 Å². The molecule has 1 amide bonds. The molecule has 0 aliphatic heterocycles. The number of hydrogen-bond donors (Lipinski definition) is 1. The second kappa shape index (κ2) is 7.91. The Balaban J connectivity index is 1.55. The fraction of sp³-hybridized carbons (Fsp3) is 0.176. The Bertz CT molecular complexity index is 838. The lowest BCUT2D eigenvalue weighted by atomic mass is 10.3. The lowest BCUT2D eigenvalue weighted by Crippen LogP contribution is -2.20. The van der Waals surface area contributed by atoms with E-state index in [2.05, 4.69) is 20.4 Å². The summed E-state index contributed by atoms with van der Waals surface area (Å²) >= 11 is 0. The highest BCUT2D eigenvalue weighted by Crippen LogP contribution is 2.17. The molecule has 0 aliphatic rings. The van der Waals surface area contributed by atoms with Crippen molar-refractivity contribution in [1.29, 1.82) is 0 Å². The fourth-order valence-electron chi connectivity index (χ4n) is 1.96. The number of nitrogens with zero attached hydrogens (tertiary/aromatic N) is 3. The van der Waals surface area contributed by atoms with E-state index in [1.54, 1.807) is 36.5 Å².